The van der Waals surface area contributed by atoms with Crippen LogP contribution in [-0.2, 0) is 10.0 Å². The molecule has 1 aliphatic rings. The highest BCUT2D eigenvalue weighted by Crippen LogP contribution is 2.34. The van der Waals surface area contributed by atoms with Crippen LogP contribution < -0.4 is 10.1 Å². The van der Waals surface area contributed by atoms with Crippen LogP contribution in [0.2, 0.25) is 0 Å². The zero-order valence-corrected chi connectivity index (χ0v) is 18.3. The van der Waals surface area contributed by atoms with Gasteiger partial charge >= 0.3 is 0 Å². The summed E-state index contributed by atoms with van der Waals surface area (Å²) < 4.78 is 30.5. The van der Waals surface area contributed by atoms with Gasteiger partial charge in [0.2, 0.25) is 10.0 Å². The molecule has 0 amide bonds. The molecule has 2 aromatic carbocycles. The lowest BCUT2D eigenvalue weighted by molar-refractivity contribution is 0.332. The number of ether oxygens (including phenoxy) is 1. The standard InChI is InChI=1S/C23H24N4O3S/c1-30-21-10-16(14-24)9-18(12-21)19-11-17-3-6-25-15-22(17)23(13-19)26-20-4-7-27(8-5-20)31(2,28)29/h3,6,9-13,15,20,26H,4-5,7-8H2,1-2H3. The summed E-state index contributed by atoms with van der Waals surface area (Å²) in [5, 5.41) is 15.0. The summed E-state index contributed by atoms with van der Waals surface area (Å²) >= 11 is 0. The van der Waals surface area contributed by atoms with Gasteiger partial charge in [-0.2, -0.15) is 5.26 Å². The second kappa shape index (κ2) is 8.53. The van der Waals surface area contributed by atoms with Crippen molar-refractivity contribution in [1.29, 1.82) is 5.26 Å². The van der Waals surface area contributed by atoms with E-state index in [0.29, 0.717) is 24.4 Å². The minimum Gasteiger partial charge on any atom is -0.497 e. The van der Waals surface area contributed by atoms with Crippen molar-refractivity contribution in [3.63, 3.8) is 0 Å². The first kappa shape index (κ1) is 21.1. The van der Waals surface area contributed by atoms with E-state index >= 15 is 0 Å². The number of benzene rings is 2. The van der Waals surface area contributed by atoms with E-state index in [-0.39, 0.29) is 6.04 Å². The third-order valence-electron chi connectivity index (χ3n) is 5.64. The average molecular weight is 437 g/mol. The van der Waals surface area contributed by atoms with Crippen molar-refractivity contribution < 1.29 is 13.2 Å². The molecule has 0 saturated carbocycles. The lowest BCUT2D eigenvalue weighted by Gasteiger charge is -2.31. The molecule has 4 rings (SSSR count). The maximum absolute atomic E-state index is 11.8. The van der Waals surface area contributed by atoms with Crippen molar-refractivity contribution in [1.82, 2.24) is 9.29 Å². The number of nitriles is 1. The van der Waals surface area contributed by atoms with E-state index in [9.17, 15) is 13.7 Å². The zero-order valence-electron chi connectivity index (χ0n) is 17.5. The predicted molar refractivity (Wildman–Crippen MR) is 122 cm³/mol. The Morgan fingerprint density at radius 3 is 2.58 bits per heavy atom. The highest BCUT2D eigenvalue weighted by atomic mass is 32.2. The Balaban J connectivity index is 1.69. The molecule has 1 saturated heterocycles. The molecule has 160 valence electrons. The number of hydrogen-bond donors (Lipinski definition) is 1. The van der Waals surface area contributed by atoms with Gasteiger partial charge < -0.3 is 10.1 Å². The van der Waals surface area contributed by atoms with Gasteiger partial charge in [-0.15, -0.1) is 0 Å². The van der Waals surface area contributed by atoms with Gasteiger partial charge in [0.15, 0.2) is 0 Å². The van der Waals surface area contributed by atoms with E-state index in [1.807, 2.05) is 24.4 Å². The number of sulfonamides is 1. The molecule has 3 aromatic rings. The summed E-state index contributed by atoms with van der Waals surface area (Å²) in [7, 11) is -1.57. The molecule has 1 N–H and O–H groups in total. The number of anilines is 1. The first-order chi connectivity index (χ1) is 14.9. The maximum Gasteiger partial charge on any atom is 0.211 e. The number of rotatable bonds is 5. The Labute approximate surface area is 182 Å². The van der Waals surface area contributed by atoms with Crippen LogP contribution in [0.4, 0.5) is 5.69 Å². The Kier molecular flexibility index (Phi) is 5.81. The van der Waals surface area contributed by atoms with Gasteiger partial charge in [0.05, 0.1) is 25.0 Å². The Morgan fingerprint density at radius 2 is 1.90 bits per heavy atom. The van der Waals surface area contributed by atoms with Crippen LogP contribution in [0.25, 0.3) is 21.9 Å². The molecule has 8 heteroatoms. The molecular weight excluding hydrogens is 412 g/mol. The first-order valence-corrected chi connectivity index (χ1v) is 11.9. The summed E-state index contributed by atoms with van der Waals surface area (Å²) in [4.78, 5) is 4.28. The van der Waals surface area contributed by atoms with Gasteiger partial charge in [0.25, 0.3) is 0 Å². The zero-order chi connectivity index (χ0) is 22.0. The van der Waals surface area contributed by atoms with E-state index in [4.69, 9.17) is 4.74 Å². The second-order valence-electron chi connectivity index (χ2n) is 7.76. The number of nitrogens with one attached hydrogen (secondary N) is 1. The largest absolute Gasteiger partial charge is 0.497 e. The average Bonchev–Trinajstić information content (AvgIpc) is 2.78. The fourth-order valence-electron chi connectivity index (χ4n) is 3.98. The van der Waals surface area contributed by atoms with Crippen molar-refractivity contribution in [3.8, 4) is 22.9 Å². The summed E-state index contributed by atoms with van der Waals surface area (Å²) in [5.74, 6) is 0.631. The fourth-order valence-corrected chi connectivity index (χ4v) is 4.86. The van der Waals surface area contributed by atoms with E-state index in [2.05, 4.69) is 28.5 Å². The molecule has 0 radical (unpaired) electrons. The monoisotopic (exact) mass is 436 g/mol. The number of aromatic nitrogens is 1. The number of pyridine rings is 1. The summed E-state index contributed by atoms with van der Waals surface area (Å²) in [6.45, 7) is 1.02. The van der Waals surface area contributed by atoms with Gasteiger partial charge in [0.1, 0.15) is 5.75 Å². The molecule has 0 spiro atoms. The summed E-state index contributed by atoms with van der Waals surface area (Å²) in [5.41, 5.74) is 3.33. The minimum absolute atomic E-state index is 0.164. The molecule has 0 unspecified atom stereocenters. The molecule has 2 heterocycles. The topological polar surface area (TPSA) is 95.3 Å². The fraction of sp³-hybridized carbons (Fsp3) is 0.304. The van der Waals surface area contributed by atoms with Crippen LogP contribution in [0.1, 0.15) is 18.4 Å². The van der Waals surface area contributed by atoms with Crippen molar-refractivity contribution in [3.05, 3.63) is 54.4 Å². The lowest BCUT2D eigenvalue weighted by Crippen LogP contribution is -2.41. The quantitative estimate of drug-likeness (QED) is 0.656. The molecule has 1 fully saturated rings. The van der Waals surface area contributed by atoms with Crippen LogP contribution in [0.5, 0.6) is 5.75 Å². The van der Waals surface area contributed by atoms with Gasteiger partial charge in [0, 0.05) is 42.6 Å². The highest BCUT2D eigenvalue weighted by molar-refractivity contribution is 7.88. The molecule has 7 nitrogen and oxygen atoms in total. The predicted octanol–water partition coefficient (Wildman–Crippen LogP) is 3.62. The van der Waals surface area contributed by atoms with Crippen LogP contribution in [-0.4, -0.2) is 50.2 Å². The second-order valence-corrected chi connectivity index (χ2v) is 9.75. The Bertz CT molecular complexity index is 1260. The van der Waals surface area contributed by atoms with Gasteiger partial charge in [-0.1, -0.05) is 0 Å². The molecular formula is C23H24N4O3S. The number of methoxy groups -OCH3 is 1. The van der Waals surface area contributed by atoms with Crippen molar-refractivity contribution >= 4 is 26.5 Å². The van der Waals surface area contributed by atoms with Crippen molar-refractivity contribution in [2.75, 3.05) is 31.8 Å². The van der Waals surface area contributed by atoms with Crippen molar-refractivity contribution in [2.24, 2.45) is 0 Å². The Morgan fingerprint density at radius 1 is 1.16 bits per heavy atom. The Hall–Kier alpha value is -3.15. The van der Waals surface area contributed by atoms with E-state index in [1.54, 1.807) is 19.4 Å². The maximum atomic E-state index is 11.8. The molecule has 31 heavy (non-hydrogen) atoms. The molecule has 0 atom stereocenters. The number of hydrogen-bond acceptors (Lipinski definition) is 6. The third kappa shape index (κ3) is 4.63. The number of fused-ring (bicyclic) bond motifs is 1. The molecule has 0 bridgehead atoms. The highest BCUT2D eigenvalue weighted by Gasteiger charge is 2.25. The third-order valence-corrected chi connectivity index (χ3v) is 6.95. The normalized spacial score (nSPS) is 15.5. The van der Waals surface area contributed by atoms with Crippen molar-refractivity contribution in [2.45, 2.75) is 18.9 Å². The van der Waals surface area contributed by atoms with Crippen LogP contribution in [0.3, 0.4) is 0 Å². The smallest absolute Gasteiger partial charge is 0.211 e. The molecule has 0 aliphatic carbocycles. The van der Waals surface area contributed by atoms with E-state index in [0.717, 1.165) is 40.4 Å². The van der Waals surface area contributed by atoms with Crippen LogP contribution >= 0.6 is 0 Å². The van der Waals surface area contributed by atoms with Crippen LogP contribution in [0.15, 0.2) is 48.8 Å². The van der Waals surface area contributed by atoms with E-state index in [1.165, 1.54) is 10.6 Å². The molecule has 1 aliphatic heterocycles. The first-order valence-electron chi connectivity index (χ1n) is 10.1. The lowest BCUT2D eigenvalue weighted by atomic mass is 9.98. The van der Waals surface area contributed by atoms with Gasteiger partial charge in [-0.3, -0.25) is 4.98 Å². The van der Waals surface area contributed by atoms with Gasteiger partial charge in [-0.05, 0) is 65.8 Å². The summed E-state index contributed by atoms with van der Waals surface area (Å²) in [6, 6.07) is 13.9. The minimum atomic E-state index is -3.16. The van der Waals surface area contributed by atoms with Gasteiger partial charge in [-0.25, -0.2) is 12.7 Å². The number of piperidine rings is 1. The van der Waals surface area contributed by atoms with E-state index < -0.39 is 10.0 Å². The SMILES string of the molecule is COc1cc(C#N)cc(-c2cc(NC3CCN(S(C)(=O)=O)CC3)c3cnccc3c2)c1. The number of nitrogens with zero attached hydrogens (tertiary/aromatic N) is 3. The summed E-state index contributed by atoms with van der Waals surface area (Å²) in [6.07, 6.45) is 6.31. The molecule has 1 aromatic heterocycles. The van der Waals surface area contributed by atoms with Crippen LogP contribution in [0, 0.1) is 11.3 Å².